The molecule has 0 spiro atoms. The van der Waals surface area contributed by atoms with Crippen molar-refractivity contribution < 1.29 is 23.8 Å². The lowest BCUT2D eigenvalue weighted by molar-refractivity contribution is -0.140. The maximum absolute atomic E-state index is 12.1. The lowest BCUT2D eigenvalue weighted by Crippen LogP contribution is -2.48. The van der Waals surface area contributed by atoms with Gasteiger partial charge in [0, 0.05) is 12.3 Å². The van der Waals surface area contributed by atoms with Crippen LogP contribution in [0.4, 0.5) is 4.79 Å². The van der Waals surface area contributed by atoms with Crippen LogP contribution in [-0.4, -0.2) is 43.0 Å². The second-order valence-corrected chi connectivity index (χ2v) is 7.80. The van der Waals surface area contributed by atoms with E-state index in [1.54, 1.807) is 0 Å². The molecule has 0 aromatic carbocycles. The minimum atomic E-state index is -0.502. The molecule has 6 nitrogen and oxygen atoms in total. The van der Waals surface area contributed by atoms with Crippen molar-refractivity contribution in [3.8, 4) is 0 Å². The standard InChI is InChI=1S/C19H31NO5/c1-19(2,3)25-18(22)20-17-13(14-11-12-15(17)24-14)9-7-5-6-8-10-16(21)23-4/h5,7,13-15,17H,6,8-12H2,1-4H3,(H,20,22). The number of carbonyl (C=O) groups is 2. The van der Waals surface area contributed by atoms with Crippen LogP contribution in [0.2, 0.25) is 0 Å². The van der Waals surface area contributed by atoms with Gasteiger partial charge in [-0.3, -0.25) is 4.79 Å². The average molecular weight is 353 g/mol. The molecule has 142 valence electrons. The van der Waals surface area contributed by atoms with Gasteiger partial charge in [0.15, 0.2) is 0 Å². The Morgan fingerprint density at radius 1 is 1.20 bits per heavy atom. The molecule has 0 saturated carbocycles. The van der Waals surface area contributed by atoms with Gasteiger partial charge in [0.1, 0.15) is 5.60 Å². The molecule has 4 unspecified atom stereocenters. The second kappa shape index (κ2) is 8.70. The third kappa shape index (κ3) is 6.03. The van der Waals surface area contributed by atoms with Crippen LogP contribution in [-0.2, 0) is 19.0 Å². The number of alkyl carbamates (subject to hydrolysis) is 1. The second-order valence-electron chi connectivity index (χ2n) is 7.80. The smallest absolute Gasteiger partial charge is 0.407 e. The van der Waals surface area contributed by atoms with Crippen LogP contribution in [0.1, 0.15) is 59.3 Å². The first-order valence-electron chi connectivity index (χ1n) is 9.17. The van der Waals surface area contributed by atoms with Crippen molar-refractivity contribution in [3.05, 3.63) is 12.2 Å². The quantitative estimate of drug-likeness (QED) is 0.432. The molecule has 0 radical (unpaired) electrons. The number of rotatable bonds is 7. The summed E-state index contributed by atoms with van der Waals surface area (Å²) in [5, 5.41) is 3.01. The van der Waals surface area contributed by atoms with Crippen LogP contribution in [0.3, 0.4) is 0 Å². The van der Waals surface area contributed by atoms with Gasteiger partial charge in [-0.15, -0.1) is 0 Å². The Labute approximate surface area is 150 Å². The molecule has 25 heavy (non-hydrogen) atoms. The number of hydrogen-bond donors (Lipinski definition) is 1. The summed E-state index contributed by atoms with van der Waals surface area (Å²) in [5.74, 6) is 0.111. The van der Waals surface area contributed by atoms with Crippen LogP contribution in [0.25, 0.3) is 0 Å². The third-order valence-corrected chi connectivity index (χ3v) is 4.66. The third-order valence-electron chi connectivity index (χ3n) is 4.66. The fraction of sp³-hybridized carbons (Fsp3) is 0.789. The van der Waals surface area contributed by atoms with Crippen LogP contribution in [0, 0.1) is 5.92 Å². The highest BCUT2D eigenvalue weighted by molar-refractivity contribution is 5.69. The first kappa shape index (κ1) is 19.8. The van der Waals surface area contributed by atoms with E-state index < -0.39 is 5.60 Å². The Morgan fingerprint density at radius 3 is 2.60 bits per heavy atom. The van der Waals surface area contributed by atoms with E-state index in [1.165, 1.54) is 7.11 Å². The molecule has 2 bridgehead atoms. The summed E-state index contributed by atoms with van der Waals surface area (Å²) in [5.41, 5.74) is -0.502. The van der Waals surface area contributed by atoms with Gasteiger partial charge in [-0.2, -0.15) is 0 Å². The van der Waals surface area contributed by atoms with E-state index in [1.807, 2.05) is 20.8 Å². The van der Waals surface area contributed by atoms with Gasteiger partial charge in [-0.1, -0.05) is 12.2 Å². The Balaban J connectivity index is 1.79. The minimum absolute atomic E-state index is 0.00770. The van der Waals surface area contributed by atoms with Crippen LogP contribution in [0.5, 0.6) is 0 Å². The number of nitrogens with one attached hydrogen (secondary N) is 1. The molecule has 4 atom stereocenters. The van der Waals surface area contributed by atoms with Gasteiger partial charge >= 0.3 is 12.1 Å². The van der Waals surface area contributed by atoms with Crippen LogP contribution < -0.4 is 5.32 Å². The number of fused-ring (bicyclic) bond motifs is 2. The summed E-state index contributed by atoms with van der Waals surface area (Å²) in [7, 11) is 1.41. The molecule has 1 amide bonds. The van der Waals surface area contributed by atoms with Gasteiger partial charge in [0.05, 0.1) is 25.4 Å². The number of esters is 1. The normalized spacial score (nSPS) is 28.3. The largest absolute Gasteiger partial charge is 0.469 e. The van der Waals surface area contributed by atoms with Gasteiger partial charge in [-0.05, 0) is 52.9 Å². The molecule has 0 aromatic rings. The highest BCUT2D eigenvalue weighted by atomic mass is 16.6. The average Bonchev–Trinajstić information content (AvgIpc) is 3.10. The Morgan fingerprint density at radius 2 is 1.92 bits per heavy atom. The Bertz CT molecular complexity index is 497. The number of hydrogen-bond acceptors (Lipinski definition) is 5. The maximum atomic E-state index is 12.1. The zero-order valence-corrected chi connectivity index (χ0v) is 15.7. The number of allylic oxidation sites excluding steroid dienone is 2. The number of ether oxygens (including phenoxy) is 3. The minimum Gasteiger partial charge on any atom is -0.469 e. The van der Waals surface area contributed by atoms with Crippen molar-refractivity contribution in [3.63, 3.8) is 0 Å². The van der Waals surface area contributed by atoms with Crippen molar-refractivity contribution in [1.29, 1.82) is 0 Å². The van der Waals surface area contributed by atoms with Crippen LogP contribution >= 0.6 is 0 Å². The number of amides is 1. The number of methoxy groups -OCH3 is 1. The molecule has 2 aliphatic rings. The van der Waals surface area contributed by atoms with Crippen molar-refractivity contribution in [2.75, 3.05) is 7.11 Å². The van der Waals surface area contributed by atoms with E-state index >= 15 is 0 Å². The van der Waals surface area contributed by atoms with E-state index in [9.17, 15) is 9.59 Å². The van der Waals surface area contributed by atoms with E-state index in [-0.39, 0.29) is 36.2 Å². The molecule has 2 rings (SSSR count). The summed E-state index contributed by atoms with van der Waals surface area (Å²) in [6.45, 7) is 5.58. The predicted octanol–water partition coefficient (Wildman–Crippen LogP) is 3.35. The van der Waals surface area contributed by atoms with Crippen LogP contribution in [0.15, 0.2) is 12.2 Å². The monoisotopic (exact) mass is 353 g/mol. The molecular weight excluding hydrogens is 322 g/mol. The predicted molar refractivity (Wildman–Crippen MR) is 94.2 cm³/mol. The first-order chi connectivity index (χ1) is 11.8. The topological polar surface area (TPSA) is 73.9 Å². The number of carbonyl (C=O) groups excluding carboxylic acids is 2. The van der Waals surface area contributed by atoms with Crippen molar-refractivity contribution in [2.24, 2.45) is 5.92 Å². The molecule has 0 aliphatic carbocycles. The van der Waals surface area contributed by atoms with Gasteiger partial charge in [0.2, 0.25) is 0 Å². The van der Waals surface area contributed by atoms with E-state index in [4.69, 9.17) is 9.47 Å². The molecule has 6 heteroatoms. The lowest BCUT2D eigenvalue weighted by Gasteiger charge is -2.29. The maximum Gasteiger partial charge on any atom is 0.407 e. The summed E-state index contributed by atoms with van der Waals surface area (Å²) >= 11 is 0. The number of unbranched alkanes of at least 4 members (excludes halogenated alkanes) is 1. The summed E-state index contributed by atoms with van der Waals surface area (Å²) in [6.07, 6.45) is 9.15. The van der Waals surface area contributed by atoms with E-state index in [2.05, 4.69) is 22.2 Å². The van der Waals surface area contributed by atoms with Crippen molar-refractivity contribution >= 4 is 12.1 Å². The summed E-state index contributed by atoms with van der Waals surface area (Å²) < 4.78 is 16.0. The summed E-state index contributed by atoms with van der Waals surface area (Å²) in [6, 6.07) is 0.00770. The van der Waals surface area contributed by atoms with Crippen molar-refractivity contribution in [1.82, 2.24) is 5.32 Å². The van der Waals surface area contributed by atoms with Gasteiger partial charge < -0.3 is 19.5 Å². The van der Waals surface area contributed by atoms with E-state index in [0.29, 0.717) is 6.42 Å². The fourth-order valence-corrected chi connectivity index (χ4v) is 3.55. The van der Waals surface area contributed by atoms with Gasteiger partial charge in [-0.25, -0.2) is 4.79 Å². The highest BCUT2D eigenvalue weighted by Gasteiger charge is 2.49. The fourth-order valence-electron chi connectivity index (χ4n) is 3.55. The molecule has 2 heterocycles. The summed E-state index contributed by atoms with van der Waals surface area (Å²) in [4.78, 5) is 23.2. The Kier molecular flexibility index (Phi) is 6.87. The van der Waals surface area contributed by atoms with Gasteiger partial charge in [0.25, 0.3) is 0 Å². The molecule has 1 N–H and O–H groups in total. The molecule has 2 fully saturated rings. The molecular formula is C19H31NO5. The van der Waals surface area contributed by atoms with E-state index in [0.717, 1.165) is 32.1 Å². The molecule has 2 aliphatic heterocycles. The SMILES string of the molecule is COC(=O)CCCC=CCC1C2CCC(O2)C1NC(=O)OC(C)(C)C. The molecule has 0 aromatic heterocycles. The van der Waals surface area contributed by atoms with Crippen molar-refractivity contribution in [2.45, 2.75) is 83.1 Å². The Hall–Kier alpha value is -1.56. The molecule has 2 saturated heterocycles. The lowest BCUT2D eigenvalue weighted by atomic mass is 9.82. The highest BCUT2D eigenvalue weighted by Crippen LogP contribution is 2.41. The first-order valence-corrected chi connectivity index (χ1v) is 9.17. The zero-order chi connectivity index (χ0) is 18.4. The zero-order valence-electron chi connectivity index (χ0n) is 15.7.